The topological polar surface area (TPSA) is 9.23 Å². The van der Waals surface area contributed by atoms with Gasteiger partial charge in [0.05, 0.1) is 0 Å². The summed E-state index contributed by atoms with van der Waals surface area (Å²) in [5.41, 5.74) is 2.81. The molecule has 4 rings (SSSR count). The normalized spacial score (nSPS) is 11.4. The molecule has 0 amide bonds. The van der Waals surface area contributed by atoms with Crippen LogP contribution in [0.1, 0.15) is 38.2 Å². The molecule has 0 aromatic heterocycles. The van der Waals surface area contributed by atoms with E-state index in [1.54, 1.807) is 30.3 Å². The van der Waals surface area contributed by atoms with Gasteiger partial charge in [-0.05, 0) is 52.6 Å². The molecule has 4 aromatic carbocycles. The lowest BCUT2D eigenvalue weighted by Crippen LogP contribution is -2.06. The lowest BCUT2D eigenvalue weighted by molar-refractivity contribution is -0.0546. The average molecular weight is 485 g/mol. The molecular weight excluding hydrogens is 459 g/mol. The summed E-state index contributed by atoms with van der Waals surface area (Å²) in [4.78, 5) is 0. The maximum atomic E-state index is 15.3. The summed E-state index contributed by atoms with van der Waals surface area (Å²) in [6.07, 6.45) is 5.67. The van der Waals surface area contributed by atoms with E-state index >= 15 is 4.39 Å². The van der Waals surface area contributed by atoms with Gasteiger partial charge in [0.15, 0.2) is 17.4 Å². The summed E-state index contributed by atoms with van der Waals surface area (Å²) in [7, 11) is 0. The molecule has 0 aliphatic heterocycles. The van der Waals surface area contributed by atoms with Crippen molar-refractivity contribution in [1.82, 2.24) is 0 Å². The first kappa shape index (κ1) is 24.7. The van der Waals surface area contributed by atoms with Crippen molar-refractivity contribution in [2.45, 2.75) is 45.6 Å². The Morgan fingerprint density at radius 3 is 2.06 bits per heavy atom. The standard InChI is InChI=1S/C29H25F5O/c1-2-3-4-5-6-18-7-13-24-21(15-18)12-14-23(27(24)32)20-10-8-19(9-11-20)22-16-25(30)28(26(31)17-22)35-29(33)34/h7-17,29H,2-6H2,1H3. The molecule has 0 atom stereocenters. The molecule has 0 spiro atoms. The van der Waals surface area contributed by atoms with Crippen molar-refractivity contribution in [3.05, 3.63) is 89.7 Å². The van der Waals surface area contributed by atoms with Crippen LogP contribution in [-0.2, 0) is 6.42 Å². The Kier molecular flexibility index (Phi) is 7.69. The Morgan fingerprint density at radius 2 is 1.40 bits per heavy atom. The highest BCUT2D eigenvalue weighted by Crippen LogP contribution is 2.33. The van der Waals surface area contributed by atoms with Gasteiger partial charge in [-0.15, -0.1) is 0 Å². The number of fused-ring (bicyclic) bond motifs is 1. The number of ether oxygens (including phenoxy) is 1. The summed E-state index contributed by atoms with van der Waals surface area (Å²) < 4.78 is 72.1. The molecule has 0 bridgehead atoms. The second-order valence-corrected chi connectivity index (χ2v) is 8.52. The molecule has 0 aliphatic carbocycles. The van der Waals surface area contributed by atoms with Crippen LogP contribution in [0.15, 0.2) is 66.7 Å². The molecular formula is C29H25F5O. The van der Waals surface area contributed by atoms with Gasteiger partial charge in [0.25, 0.3) is 0 Å². The zero-order chi connectivity index (χ0) is 24.9. The lowest BCUT2D eigenvalue weighted by Gasteiger charge is -2.11. The van der Waals surface area contributed by atoms with Crippen molar-refractivity contribution in [2.75, 3.05) is 0 Å². The molecule has 6 heteroatoms. The predicted molar refractivity (Wildman–Crippen MR) is 129 cm³/mol. The molecule has 0 saturated heterocycles. The minimum atomic E-state index is -3.33. The van der Waals surface area contributed by atoms with Gasteiger partial charge in [0.1, 0.15) is 5.82 Å². The maximum Gasteiger partial charge on any atom is 0.387 e. The van der Waals surface area contributed by atoms with Gasteiger partial charge in [-0.1, -0.05) is 80.8 Å². The second kappa shape index (κ2) is 10.9. The van der Waals surface area contributed by atoms with E-state index in [0.717, 1.165) is 30.4 Å². The lowest BCUT2D eigenvalue weighted by atomic mass is 9.96. The Balaban J connectivity index is 1.57. The molecule has 0 unspecified atom stereocenters. The number of hydrogen-bond donors (Lipinski definition) is 0. The predicted octanol–water partition coefficient (Wildman–Crippen LogP) is 9.32. The van der Waals surface area contributed by atoms with E-state index in [1.165, 1.54) is 24.8 Å². The van der Waals surface area contributed by atoms with E-state index in [9.17, 15) is 17.6 Å². The fraction of sp³-hybridized carbons (Fsp3) is 0.241. The Labute approximate surface area is 201 Å². The average Bonchev–Trinajstić information content (AvgIpc) is 2.84. The van der Waals surface area contributed by atoms with Crippen LogP contribution in [0.4, 0.5) is 22.0 Å². The van der Waals surface area contributed by atoms with Crippen LogP contribution in [0.5, 0.6) is 5.75 Å². The molecule has 0 heterocycles. The summed E-state index contributed by atoms with van der Waals surface area (Å²) in [5, 5.41) is 1.37. The van der Waals surface area contributed by atoms with Gasteiger partial charge in [-0.25, -0.2) is 13.2 Å². The number of aryl methyl sites for hydroxylation is 1. The Bertz CT molecular complexity index is 1290. The van der Waals surface area contributed by atoms with Crippen molar-refractivity contribution >= 4 is 10.8 Å². The molecule has 0 N–H and O–H groups in total. The number of unbranched alkanes of at least 4 members (excludes halogenated alkanes) is 3. The van der Waals surface area contributed by atoms with Crippen LogP contribution in [0, 0.1) is 17.5 Å². The van der Waals surface area contributed by atoms with Crippen molar-refractivity contribution < 1.29 is 26.7 Å². The molecule has 1 nitrogen and oxygen atoms in total. The molecule has 35 heavy (non-hydrogen) atoms. The smallest absolute Gasteiger partial charge is 0.387 e. The van der Waals surface area contributed by atoms with E-state index < -0.39 is 24.0 Å². The van der Waals surface area contributed by atoms with E-state index in [1.807, 2.05) is 24.3 Å². The fourth-order valence-corrected chi connectivity index (χ4v) is 4.25. The first-order valence-electron chi connectivity index (χ1n) is 11.6. The van der Waals surface area contributed by atoms with Crippen LogP contribution < -0.4 is 4.74 Å². The first-order chi connectivity index (χ1) is 16.9. The van der Waals surface area contributed by atoms with Gasteiger partial charge in [-0.3, -0.25) is 0 Å². The van der Waals surface area contributed by atoms with Gasteiger partial charge in [-0.2, -0.15) is 8.78 Å². The van der Waals surface area contributed by atoms with Crippen LogP contribution in [0.25, 0.3) is 33.0 Å². The van der Waals surface area contributed by atoms with E-state index in [4.69, 9.17) is 0 Å². The zero-order valence-electron chi connectivity index (χ0n) is 19.3. The third-order valence-electron chi connectivity index (χ3n) is 6.07. The van der Waals surface area contributed by atoms with E-state index in [-0.39, 0.29) is 11.4 Å². The zero-order valence-corrected chi connectivity index (χ0v) is 19.3. The summed E-state index contributed by atoms with van der Waals surface area (Å²) in [5.74, 6) is -3.91. The quantitative estimate of drug-likeness (QED) is 0.170. The van der Waals surface area contributed by atoms with Crippen molar-refractivity contribution in [3.8, 4) is 28.0 Å². The summed E-state index contributed by atoms with van der Waals surface area (Å²) in [6.45, 7) is -1.16. The monoisotopic (exact) mass is 484 g/mol. The maximum absolute atomic E-state index is 15.3. The molecule has 0 saturated carbocycles. The van der Waals surface area contributed by atoms with Crippen molar-refractivity contribution in [1.29, 1.82) is 0 Å². The van der Waals surface area contributed by atoms with Crippen LogP contribution >= 0.6 is 0 Å². The number of hydrogen-bond acceptors (Lipinski definition) is 1. The molecule has 0 fully saturated rings. The fourth-order valence-electron chi connectivity index (χ4n) is 4.25. The first-order valence-corrected chi connectivity index (χ1v) is 11.6. The SMILES string of the molecule is CCCCCCc1ccc2c(F)c(-c3ccc(-c4cc(F)c(OC(F)F)c(F)c4)cc3)ccc2c1. The number of rotatable bonds is 9. The number of alkyl halides is 2. The van der Waals surface area contributed by atoms with Crippen molar-refractivity contribution in [2.24, 2.45) is 0 Å². The Morgan fingerprint density at radius 1 is 0.714 bits per heavy atom. The third kappa shape index (κ3) is 5.64. The molecule has 0 radical (unpaired) electrons. The molecule has 4 aromatic rings. The van der Waals surface area contributed by atoms with Crippen LogP contribution in [-0.4, -0.2) is 6.61 Å². The van der Waals surface area contributed by atoms with Crippen LogP contribution in [0.3, 0.4) is 0 Å². The highest BCUT2D eigenvalue weighted by Gasteiger charge is 2.18. The molecule has 0 aliphatic rings. The van der Waals surface area contributed by atoms with Crippen molar-refractivity contribution in [3.63, 3.8) is 0 Å². The third-order valence-corrected chi connectivity index (χ3v) is 6.07. The van der Waals surface area contributed by atoms with Crippen LogP contribution in [0.2, 0.25) is 0 Å². The highest BCUT2D eigenvalue weighted by molar-refractivity contribution is 5.89. The highest BCUT2D eigenvalue weighted by atomic mass is 19.3. The summed E-state index contributed by atoms with van der Waals surface area (Å²) in [6, 6.07) is 17.8. The second-order valence-electron chi connectivity index (χ2n) is 8.52. The number of benzene rings is 4. The largest absolute Gasteiger partial charge is 0.429 e. The Hall–Kier alpha value is -3.41. The summed E-state index contributed by atoms with van der Waals surface area (Å²) >= 11 is 0. The van der Waals surface area contributed by atoms with Gasteiger partial charge < -0.3 is 4.74 Å². The van der Waals surface area contributed by atoms with E-state index in [2.05, 4.69) is 11.7 Å². The van der Waals surface area contributed by atoms with Gasteiger partial charge in [0.2, 0.25) is 0 Å². The molecule has 182 valence electrons. The van der Waals surface area contributed by atoms with Gasteiger partial charge in [0, 0.05) is 10.9 Å². The van der Waals surface area contributed by atoms with Gasteiger partial charge >= 0.3 is 6.61 Å². The van der Waals surface area contributed by atoms with E-state index in [0.29, 0.717) is 22.1 Å². The minimum absolute atomic E-state index is 0.151. The number of halogens is 5. The minimum Gasteiger partial charge on any atom is -0.429 e.